The topological polar surface area (TPSA) is 143 Å². The lowest BCUT2D eigenvalue weighted by atomic mass is 10.0. The monoisotopic (exact) mass is 783 g/mol. The Balaban J connectivity index is 0.00000102. The van der Waals surface area contributed by atoms with Gasteiger partial charge in [0, 0.05) is 39.3 Å². The van der Waals surface area contributed by atoms with Crippen LogP contribution in [0.15, 0.2) is 0 Å². The smallest absolute Gasteiger partial charge is 0.293 e. The molecule has 2 N–H and O–H groups in total. The van der Waals surface area contributed by atoms with Crippen LogP contribution in [0.5, 0.6) is 0 Å². The van der Waals surface area contributed by atoms with Crippen molar-refractivity contribution in [1.82, 2.24) is 29.8 Å². The number of likely N-dealkylation sites (N-methyl/N-ethyl adjacent to an activating group) is 1. The number of nitrogens with zero attached hydrogens (tertiary/aromatic N) is 5. The first-order valence-electron chi connectivity index (χ1n) is 20.8. The van der Waals surface area contributed by atoms with E-state index in [4.69, 9.17) is 5.11 Å². The van der Waals surface area contributed by atoms with Crippen LogP contribution in [0.4, 0.5) is 0 Å². The number of piperidine rings is 1. The van der Waals surface area contributed by atoms with E-state index in [0.29, 0.717) is 26.0 Å². The third kappa shape index (κ3) is 23.8. The first-order valence-corrected chi connectivity index (χ1v) is 20.8. The van der Waals surface area contributed by atoms with Crippen molar-refractivity contribution in [2.45, 2.75) is 163 Å². The molecule has 55 heavy (non-hydrogen) atoms. The molecule has 0 radical (unpaired) electrons. The van der Waals surface area contributed by atoms with Crippen LogP contribution in [0.2, 0.25) is 0 Å². The van der Waals surface area contributed by atoms with Gasteiger partial charge in [-0.15, -0.1) is 0 Å². The summed E-state index contributed by atoms with van der Waals surface area (Å²) in [6, 6.07) is -0.618. The fourth-order valence-electron chi connectivity index (χ4n) is 6.61. The van der Waals surface area contributed by atoms with Crippen molar-refractivity contribution in [3.05, 3.63) is 0 Å². The van der Waals surface area contributed by atoms with Crippen LogP contribution < -0.4 is 5.32 Å². The van der Waals surface area contributed by atoms with Gasteiger partial charge in [0.05, 0.1) is 18.2 Å². The zero-order chi connectivity index (χ0) is 42.4. The summed E-state index contributed by atoms with van der Waals surface area (Å²) in [5, 5.41) is 11.0. The maximum absolute atomic E-state index is 13.6. The molecule has 3 atom stereocenters. The summed E-state index contributed by atoms with van der Waals surface area (Å²) >= 11 is 0. The van der Waals surface area contributed by atoms with Gasteiger partial charge >= 0.3 is 0 Å². The average molecular weight is 783 g/mol. The Morgan fingerprint density at radius 2 is 1.27 bits per heavy atom. The normalized spacial score (nSPS) is 20.7. The molecule has 0 aliphatic carbocycles. The zero-order valence-electron chi connectivity index (χ0n) is 37.2. The van der Waals surface area contributed by atoms with Gasteiger partial charge in [-0.1, -0.05) is 41.0 Å². The molecule has 4 saturated heterocycles. The van der Waals surface area contributed by atoms with E-state index in [1.165, 1.54) is 32.4 Å². The minimum absolute atomic E-state index is 0.0281. The highest BCUT2D eigenvalue weighted by atomic mass is 16.5. The van der Waals surface area contributed by atoms with Crippen LogP contribution in [0.1, 0.15) is 134 Å². The summed E-state index contributed by atoms with van der Waals surface area (Å²) in [4.78, 5) is 69.2. The van der Waals surface area contributed by atoms with Gasteiger partial charge in [-0.2, -0.15) is 0 Å². The zero-order valence-corrected chi connectivity index (χ0v) is 37.2. The summed E-state index contributed by atoms with van der Waals surface area (Å²) in [6.45, 7) is 28.1. The Morgan fingerprint density at radius 3 is 1.69 bits per heavy atom. The molecule has 4 amide bonds. The van der Waals surface area contributed by atoms with Crippen LogP contribution in [0, 0.1) is 11.8 Å². The Bertz CT molecular complexity index is 1090. The van der Waals surface area contributed by atoms with Gasteiger partial charge in [0.25, 0.3) is 6.47 Å². The van der Waals surface area contributed by atoms with Crippen molar-refractivity contribution in [2.24, 2.45) is 11.8 Å². The molecule has 322 valence electrons. The van der Waals surface area contributed by atoms with Gasteiger partial charge in [-0.05, 0) is 131 Å². The van der Waals surface area contributed by atoms with Crippen LogP contribution >= 0.6 is 0 Å². The lowest BCUT2D eigenvalue weighted by molar-refractivity contribution is -0.146. The Kier molecular flexibility index (Phi) is 25.6. The minimum Gasteiger partial charge on any atom is -0.462 e. The van der Waals surface area contributed by atoms with Crippen molar-refractivity contribution in [3.8, 4) is 0 Å². The third-order valence-corrected chi connectivity index (χ3v) is 9.29. The molecule has 0 aromatic heterocycles. The summed E-state index contributed by atoms with van der Waals surface area (Å²) < 4.78 is 4.55. The van der Waals surface area contributed by atoms with E-state index in [0.717, 1.165) is 64.1 Å². The number of aliphatic hydroxyl groups is 1. The molecule has 0 aromatic carbocycles. The van der Waals surface area contributed by atoms with Crippen LogP contribution in [0.25, 0.3) is 0 Å². The van der Waals surface area contributed by atoms with Crippen molar-refractivity contribution >= 4 is 30.6 Å². The number of carbonyl (C=O) groups is 5. The van der Waals surface area contributed by atoms with E-state index in [-0.39, 0.29) is 53.9 Å². The molecule has 13 nitrogen and oxygen atoms in total. The molecule has 4 aliphatic rings. The molecule has 0 aromatic rings. The molecule has 4 aliphatic heterocycles. The maximum atomic E-state index is 13.6. The molecule has 13 heteroatoms. The number of ether oxygens (including phenoxy) is 1. The van der Waals surface area contributed by atoms with Gasteiger partial charge in [0.15, 0.2) is 0 Å². The summed E-state index contributed by atoms with van der Waals surface area (Å²) in [5.41, 5.74) is -0.818. The molecule has 0 saturated carbocycles. The molecule has 4 fully saturated rings. The molecular formula is C42H82N6O7. The van der Waals surface area contributed by atoms with E-state index in [2.05, 4.69) is 61.5 Å². The van der Waals surface area contributed by atoms with Gasteiger partial charge < -0.3 is 34.8 Å². The van der Waals surface area contributed by atoms with Gasteiger partial charge in [0.2, 0.25) is 24.1 Å². The lowest BCUT2D eigenvalue weighted by Gasteiger charge is -2.37. The molecule has 1 unspecified atom stereocenters. The van der Waals surface area contributed by atoms with E-state index < -0.39 is 5.60 Å². The van der Waals surface area contributed by atoms with Crippen molar-refractivity contribution in [3.63, 3.8) is 0 Å². The number of rotatable bonds is 10. The largest absolute Gasteiger partial charge is 0.462 e. The van der Waals surface area contributed by atoms with Crippen molar-refractivity contribution in [2.75, 3.05) is 66.5 Å². The second-order valence-corrected chi connectivity index (χ2v) is 18.3. The Hall–Kier alpha value is -2.77. The molecule has 4 rings (SSSR count). The first-order chi connectivity index (χ1) is 25.5. The number of likely N-dealkylation sites (tertiary alicyclic amines) is 4. The van der Waals surface area contributed by atoms with Gasteiger partial charge in [-0.25, -0.2) is 0 Å². The predicted octanol–water partition coefficient (Wildman–Crippen LogP) is 4.79. The number of nitrogens with one attached hydrogen (secondary N) is 1. The van der Waals surface area contributed by atoms with Crippen LogP contribution in [-0.4, -0.2) is 156 Å². The molecular weight excluding hydrogens is 700 g/mol. The Labute approximate surface area is 335 Å². The Morgan fingerprint density at radius 1 is 0.782 bits per heavy atom. The molecule has 0 spiro atoms. The molecule has 0 bridgehead atoms. The number of hydrogen-bond acceptors (Lipinski definition) is 9. The second kappa shape index (κ2) is 27.0. The highest BCUT2D eigenvalue weighted by Crippen LogP contribution is 2.28. The van der Waals surface area contributed by atoms with E-state index in [9.17, 15) is 24.0 Å². The van der Waals surface area contributed by atoms with Crippen molar-refractivity contribution in [1.29, 1.82) is 0 Å². The van der Waals surface area contributed by atoms with E-state index in [1.54, 1.807) is 32.7 Å². The third-order valence-electron chi connectivity index (χ3n) is 9.29. The number of hydrogen-bond donors (Lipinski definition) is 2. The standard InChI is InChI=1S/C23H39N5O4.C6H13N.C5H10O2.C4H10O.C4H10/c1-17(2)20(25(3)21(30)14-24-16-29)15-27-12-6-8-18(27)23(32)28-13-7-9-19(28)22(31)26-10-4-5-11-26;1-7-5-3-2-4-6-7;1-5(2,3)7-4-6;1-4(2,3)5;1-4(2)3/h16-20H,4-15H2,1-3H3,(H,24,29);2-6H2,1H3;4H,1-3H3;5H,1-3H3;4H,1-3H3/t18-,19?,20+;;;;/m0..../s1. The maximum Gasteiger partial charge on any atom is 0.293 e. The van der Waals surface area contributed by atoms with Crippen LogP contribution in [-0.2, 0) is 28.7 Å². The van der Waals surface area contributed by atoms with Crippen molar-refractivity contribution < 1.29 is 33.8 Å². The van der Waals surface area contributed by atoms with E-state index in [1.807, 2.05) is 30.6 Å². The highest BCUT2D eigenvalue weighted by Gasteiger charge is 2.43. The average Bonchev–Trinajstić information content (AvgIpc) is 3.87. The summed E-state index contributed by atoms with van der Waals surface area (Å²) in [6.07, 6.45) is 10.3. The summed E-state index contributed by atoms with van der Waals surface area (Å²) in [5.74, 6) is 1.07. The summed E-state index contributed by atoms with van der Waals surface area (Å²) in [7, 11) is 3.96. The quantitative estimate of drug-likeness (QED) is 0.299. The first kappa shape index (κ1) is 52.2. The number of amides is 4. The highest BCUT2D eigenvalue weighted by molar-refractivity contribution is 5.90. The lowest BCUT2D eigenvalue weighted by Crippen LogP contribution is -2.55. The van der Waals surface area contributed by atoms with Gasteiger partial charge in [-0.3, -0.25) is 28.9 Å². The SMILES string of the molecule is CC(C)(C)O.CC(C)(C)OC=O.CC(C)C.CC(C)[C@@H](CN1CCC[C@H]1C(=O)N1CCCC1C(=O)N1CCCC1)N(C)C(=O)CNC=O.CN1CCCCC1. The minimum atomic E-state index is -0.500. The fourth-order valence-corrected chi connectivity index (χ4v) is 6.61. The van der Waals surface area contributed by atoms with Crippen LogP contribution in [0.3, 0.4) is 0 Å². The molecule has 4 heterocycles. The van der Waals surface area contributed by atoms with E-state index >= 15 is 0 Å². The van der Waals surface area contributed by atoms with Gasteiger partial charge in [0.1, 0.15) is 11.6 Å². The second-order valence-electron chi connectivity index (χ2n) is 18.3. The number of carbonyl (C=O) groups excluding carboxylic acids is 5. The fraction of sp³-hybridized carbons (Fsp3) is 0.881. The predicted molar refractivity (Wildman–Crippen MR) is 221 cm³/mol.